The lowest BCUT2D eigenvalue weighted by molar-refractivity contribution is 0.489. The van der Waals surface area contributed by atoms with Crippen molar-refractivity contribution < 1.29 is 0 Å². The van der Waals surface area contributed by atoms with E-state index in [0.717, 1.165) is 17.6 Å². The molecule has 2 unspecified atom stereocenters. The zero-order valence-corrected chi connectivity index (χ0v) is 10.7. The zero-order chi connectivity index (χ0) is 10.7. The van der Waals surface area contributed by atoms with Crippen molar-refractivity contribution in [2.45, 2.75) is 45.9 Å². The van der Waals surface area contributed by atoms with Crippen LogP contribution >= 0.6 is 11.8 Å². The van der Waals surface area contributed by atoms with E-state index in [2.05, 4.69) is 44.9 Å². The fourth-order valence-electron chi connectivity index (χ4n) is 1.18. The molecule has 0 aromatic carbocycles. The Labute approximate surface area is 92.0 Å². The summed E-state index contributed by atoms with van der Waals surface area (Å²) in [5, 5.41) is 5.30. The van der Waals surface area contributed by atoms with E-state index in [-0.39, 0.29) is 0 Å². The second-order valence-electron chi connectivity index (χ2n) is 4.72. The Morgan fingerprint density at radius 2 is 1.93 bits per heavy atom. The first-order chi connectivity index (χ1) is 6.50. The molecular weight excluding hydrogens is 192 g/mol. The van der Waals surface area contributed by atoms with E-state index in [9.17, 15) is 0 Å². The monoisotopic (exact) mass is 214 g/mol. The molecular formula is C11H22N2S. The van der Waals surface area contributed by atoms with Crippen LogP contribution in [-0.4, -0.2) is 23.0 Å². The van der Waals surface area contributed by atoms with Gasteiger partial charge in [0.15, 0.2) is 5.17 Å². The molecule has 0 aromatic rings. The van der Waals surface area contributed by atoms with Crippen molar-refractivity contribution in [3.8, 4) is 0 Å². The van der Waals surface area contributed by atoms with Crippen molar-refractivity contribution in [3.05, 3.63) is 0 Å². The molecule has 1 N–H and O–H groups in total. The van der Waals surface area contributed by atoms with Gasteiger partial charge in [0.2, 0.25) is 0 Å². The molecule has 1 heterocycles. The molecule has 0 radical (unpaired) electrons. The van der Waals surface area contributed by atoms with Crippen molar-refractivity contribution in [2.24, 2.45) is 16.8 Å². The molecule has 0 aromatic heterocycles. The first-order valence-corrected chi connectivity index (χ1v) is 6.36. The standard InChI is InChI=1S/C11H22N2S/c1-7(2)9(5)13-11-12-6-10(14-11)8(3)4/h7-10H,6H2,1-5H3,(H,12,13). The third-order valence-corrected chi connectivity index (χ3v) is 4.24. The normalized spacial score (nSPS) is 24.2. The highest BCUT2D eigenvalue weighted by atomic mass is 32.2. The lowest BCUT2D eigenvalue weighted by Crippen LogP contribution is -2.34. The van der Waals surface area contributed by atoms with Gasteiger partial charge in [0.1, 0.15) is 0 Å². The molecule has 0 amide bonds. The average Bonchev–Trinajstić information content (AvgIpc) is 2.52. The second kappa shape index (κ2) is 5.06. The Kier molecular flexibility index (Phi) is 4.30. The van der Waals surface area contributed by atoms with Crippen molar-refractivity contribution >= 4 is 16.9 Å². The summed E-state index contributed by atoms with van der Waals surface area (Å²) in [4.78, 5) is 4.53. The summed E-state index contributed by atoms with van der Waals surface area (Å²) in [6, 6.07) is 0.521. The van der Waals surface area contributed by atoms with Gasteiger partial charge in [0.05, 0.1) is 6.54 Å². The molecule has 3 heteroatoms. The van der Waals surface area contributed by atoms with Gasteiger partial charge in [-0.05, 0) is 18.8 Å². The van der Waals surface area contributed by atoms with Gasteiger partial charge >= 0.3 is 0 Å². The quantitative estimate of drug-likeness (QED) is 0.781. The van der Waals surface area contributed by atoms with Crippen LogP contribution < -0.4 is 5.32 Å². The van der Waals surface area contributed by atoms with E-state index >= 15 is 0 Å². The number of nitrogens with one attached hydrogen (secondary N) is 1. The molecule has 0 aliphatic carbocycles. The van der Waals surface area contributed by atoms with Crippen LogP contribution in [0, 0.1) is 11.8 Å². The molecule has 1 aliphatic rings. The third-order valence-electron chi connectivity index (χ3n) is 2.77. The molecule has 2 atom stereocenters. The Morgan fingerprint density at radius 1 is 1.29 bits per heavy atom. The van der Waals surface area contributed by atoms with Crippen LogP contribution in [0.25, 0.3) is 0 Å². The second-order valence-corrected chi connectivity index (χ2v) is 5.95. The molecule has 14 heavy (non-hydrogen) atoms. The van der Waals surface area contributed by atoms with Crippen molar-refractivity contribution in [1.82, 2.24) is 5.32 Å². The van der Waals surface area contributed by atoms with Gasteiger partial charge in [-0.2, -0.15) is 0 Å². The summed E-state index contributed by atoms with van der Waals surface area (Å²) in [6.45, 7) is 12.2. The maximum atomic E-state index is 4.53. The summed E-state index contributed by atoms with van der Waals surface area (Å²) in [5.41, 5.74) is 0. The summed E-state index contributed by atoms with van der Waals surface area (Å²) in [5.74, 6) is 1.38. The number of rotatable bonds is 3. The number of thioether (sulfide) groups is 1. The van der Waals surface area contributed by atoms with Crippen molar-refractivity contribution in [1.29, 1.82) is 0 Å². The number of amidine groups is 1. The van der Waals surface area contributed by atoms with E-state index in [4.69, 9.17) is 0 Å². The van der Waals surface area contributed by atoms with Crippen LogP contribution in [0.5, 0.6) is 0 Å². The Bertz CT molecular complexity index is 211. The van der Waals surface area contributed by atoms with Gasteiger partial charge in [0.25, 0.3) is 0 Å². The summed E-state index contributed by atoms with van der Waals surface area (Å²) >= 11 is 1.90. The first kappa shape index (κ1) is 11.9. The molecule has 0 bridgehead atoms. The van der Waals surface area contributed by atoms with Gasteiger partial charge < -0.3 is 5.32 Å². The lowest BCUT2D eigenvalue weighted by atomic mass is 10.1. The van der Waals surface area contributed by atoms with E-state index in [0.29, 0.717) is 17.2 Å². The Balaban J connectivity index is 2.35. The molecule has 0 saturated heterocycles. The molecule has 2 nitrogen and oxygen atoms in total. The van der Waals surface area contributed by atoms with Gasteiger partial charge in [-0.25, -0.2) is 0 Å². The number of aliphatic imine (C=N–C) groups is 1. The fourth-order valence-corrected chi connectivity index (χ4v) is 2.29. The molecule has 82 valence electrons. The maximum absolute atomic E-state index is 4.53. The average molecular weight is 214 g/mol. The number of hydrogen-bond acceptors (Lipinski definition) is 3. The molecule has 1 aliphatic heterocycles. The highest BCUT2D eigenvalue weighted by Crippen LogP contribution is 2.26. The zero-order valence-electron chi connectivity index (χ0n) is 9.87. The van der Waals surface area contributed by atoms with Crippen molar-refractivity contribution in [3.63, 3.8) is 0 Å². The topological polar surface area (TPSA) is 24.4 Å². The summed E-state index contributed by atoms with van der Waals surface area (Å²) < 4.78 is 0. The van der Waals surface area contributed by atoms with Crippen LogP contribution in [0.4, 0.5) is 0 Å². The van der Waals surface area contributed by atoms with E-state index in [1.54, 1.807) is 0 Å². The van der Waals surface area contributed by atoms with Gasteiger partial charge in [0, 0.05) is 11.3 Å². The lowest BCUT2D eigenvalue weighted by Gasteiger charge is -2.19. The van der Waals surface area contributed by atoms with E-state index < -0.39 is 0 Å². The highest BCUT2D eigenvalue weighted by molar-refractivity contribution is 8.14. The summed E-state index contributed by atoms with van der Waals surface area (Å²) in [7, 11) is 0. The minimum Gasteiger partial charge on any atom is -0.362 e. The smallest absolute Gasteiger partial charge is 0.157 e. The van der Waals surface area contributed by atoms with Crippen LogP contribution in [0.1, 0.15) is 34.6 Å². The SMILES string of the molecule is CC(C)C(C)NC1=NCC(C(C)C)S1. The molecule has 1 rings (SSSR count). The van der Waals surface area contributed by atoms with Gasteiger partial charge in [-0.3, -0.25) is 4.99 Å². The molecule has 0 fully saturated rings. The van der Waals surface area contributed by atoms with Crippen LogP contribution in [0.15, 0.2) is 4.99 Å². The van der Waals surface area contributed by atoms with Crippen LogP contribution in [0.3, 0.4) is 0 Å². The predicted molar refractivity (Wildman–Crippen MR) is 66.0 cm³/mol. The van der Waals surface area contributed by atoms with E-state index in [1.165, 1.54) is 0 Å². The first-order valence-electron chi connectivity index (χ1n) is 5.48. The Hall–Kier alpha value is -0.180. The maximum Gasteiger partial charge on any atom is 0.157 e. The van der Waals surface area contributed by atoms with Crippen molar-refractivity contribution in [2.75, 3.05) is 6.54 Å². The highest BCUT2D eigenvalue weighted by Gasteiger charge is 2.23. The summed E-state index contributed by atoms with van der Waals surface area (Å²) in [6.07, 6.45) is 0. The molecule has 0 saturated carbocycles. The minimum absolute atomic E-state index is 0.521. The van der Waals surface area contributed by atoms with Crippen LogP contribution in [0.2, 0.25) is 0 Å². The third kappa shape index (κ3) is 3.19. The minimum atomic E-state index is 0.521. The van der Waals surface area contributed by atoms with Gasteiger partial charge in [-0.1, -0.05) is 39.5 Å². The number of nitrogens with zero attached hydrogens (tertiary/aromatic N) is 1. The largest absolute Gasteiger partial charge is 0.362 e. The molecule has 0 spiro atoms. The Morgan fingerprint density at radius 3 is 2.36 bits per heavy atom. The van der Waals surface area contributed by atoms with Crippen LogP contribution in [-0.2, 0) is 0 Å². The predicted octanol–water partition coefficient (Wildman–Crippen LogP) is 2.75. The van der Waals surface area contributed by atoms with E-state index in [1.807, 2.05) is 11.8 Å². The fraction of sp³-hybridized carbons (Fsp3) is 0.909. The van der Waals surface area contributed by atoms with Gasteiger partial charge in [-0.15, -0.1) is 0 Å². The number of hydrogen-bond donors (Lipinski definition) is 1.